The van der Waals surface area contributed by atoms with Gasteiger partial charge in [0.25, 0.3) is 0 Å². The Hall–Kier alpha value is -0.710. The van der Waals surface area contributed by atoms with Crippen molar-refractivity contribution in [3.05, 3.63) is 29.3 Å². The van der Waals surface area contributed by atoms with E-state index >= 15 is 0 Å². The summed E-state index contributed by atoms with van der Waals surface area (Å²) in [6, 6.07) is 7.64. The van der Waals surface area contributed by atoms with E-state index in [0.717, 1.165) is 4.90 Å². The van der Waals surface area contributed by atoms with Gasteiger partial charge < -0.3 is 10.5 Å². The molecule has 0 aromatic heterocycles. The molecule has 0 bridgehead atoms. The molecule has 0 aliphatic rings. The summed E-state index contributed by atoms with van der Waals surface area (Å²) in [5, 5.41) is 0.899. The van der Waals surface area contributed by atoms with Gasteiger partial charge in [-0.2, -0.15) is 0 Å². The monoisotopic (exact) mass is 301 g/mol. The quantitative estimate of drug-likeness (QED) is 0.645. The molecule has 1 aromatic carbocycles. The highest BCUT2D eigenvalue weighted by atomic mass is 35.5. The highest BCUT2D eigenvalue weighted by molar-refractivity contribution is 8.00. The first-order valence-corrected chi connectivity index (χ1v) is 7.49. The van der Waals surface area contributed by atoms with Crippen LogP contribution in [0.1, 0.15) is 27.2 Å². The smallest absolute Gasteiger partial charge is 0.325 e. The van der Waals surface area contributed by atoms with E-state index in [1.54, 1.807) is 25.6 Å². The van der Waals surface area contributed by atoms with Crippen molar-refractivity contribution in [3.8, 4) is 0 Å². The molecular weight excluding hydrogens is 282 g/mol. The Morgan fingerprint density at radius 1 is 1.58 bits per heavy atom. The van der Waals surface area contributed by atoms with E-state index in [1.807, 2.05) is 31.2 Å². The minimum Gasteiger partial charge on any atom is -0.465 e. The van der Waals surface area contributed by atoms with Crippen LogP contribution in [0.25, 0.3) is 0 Å². The van der Waals surface area contributed by atoms with Gasteiger partial charge in [-0.15, -0.1) is 11.8 Å². The Balaban J connectivity index is 2.59. The van der Waals surface area contributed by atoms with E-state index < -0.39 is 5.54 Å². The highest BCUT2D eigenvalue weighted by Gasteiger charge is 2.32. The topological polar surface area (TPSA) is 52.3 Å². The van der Waals surface area contributed by atoms with Crippen LogP contribution < -0.4 is 5.73 Å². The van der Waals surface area contributed by atoms with E-state index in [-0.39, 0.29) is 11.2 Å². The molecule has 2 atom stereocenters. The van der Waals surface area contributed by atoms with Crippen LogP contribution >= 0.6 is 23.4 Å². The minimum absolute atomic E-state index is 0.192. The molecule has 0 amide bonds. The van der Waals surface area contributed by atoms with E-state index in [1.165, 1.54) is 0 Å². The Bertz CT molecular complexity index is 437. The van der Waals surface area contributed by atoms with Crippen LogP contribution in [0.3, 0.4) is 0 Å². The predicted molar refractivity (Wildman–Crippen MR) is 80.6 cm³/mol. The number of esters is 1. The van der Waals surface area contributed by atoms with Gasteiger partial charge in [-0.25, -0.2) is 0 Å². The molecule has 5 heteroatoms. The average Bonchev–Trinajstić information content (AvgIpc) is 2.28. The van der Waals surface area contributed by atoms with E-state index in [0.29, 0.717) is 18.1 Å². The second-order valence-corrected chi connectivity index (χ2v) is 6.68. The summed E-state index contributed by atoms with van der Waals surface area (Å²) in [4.78, 5) is 12.8. The Morgan fingerprint density at radius 2 is 2.26 bits per heavy atom. The number of hydrogen-bond acceptors (Lipinski definition) is 4. The first-order valence-electron chi connectivity index (χ1n) is 6.23. The zero-order valence-corrected chi connectivity index (χ0v) is 13.1. The number of carbonyl (C=O) groups excluding carboxylic acids is 1. The zero-order chi connectivity index (χ0) is 14.5. The van der Waals surface area contributed by atoms with Crippen molar-refractivity contribution in [2.24, 2.45) is 5.73 Å². The van der Waals surface area contributed by atoms with Crippen molar-refractivity contribution in [1.29, 1.82) is 0 Å². The van der Waals surface area contributed by atoms with Crippen LogP contribution in [0.2, 0.25) is 5.02 Å². The molecule has 2 N–H and O–H groups in total. The van der Waals surface area contributed by atoms with E-state index in [9.17, 15) is 4.79 Å². The Kier molecular flexibility index (Phi) is 6.17. The van der Waals surface area contributed by atoms with Crippen LogP contribution in [0.5, 0.6) is 0 Å². The second-order valence-electron chi connectivity index (χ2n) is 4.73. The molecule has 19 heavy (non-hydrogen) atoms. The maximum absolute atomic E-state index is 11.7. The summed E-state index contributed by atoms with van der Waals surface area (Å²) in [6.45, 7) is 5.87. The molecule has 3 nitrogen and oxygen atoms in total. The fourth-order valence-corrected chi connectivity index (χ4v) is 3.29. The molecule has 0 saturated heterocycles. The molecule has 0 radical (unpaired) electrons. The lowest BCUT2D eigenvalue weighted by Gasteiger charge is -2.25. The second kappa shape index (κ2) is 7.17. The lowest BCUT2D eigenvalue weighted by molar-refractivity contribution is -0.149. The number of carbonyl (C=O) groups is 1. The molecular formula is C14H20ClNO2S. The molecule has 0 aliphatic heterocycles. The van der Waals surface area contributed by atoms with Crippen LogP contribution in [0.4, 0.5) is 0 Å². The maximum atomic E-state index is 11.7. The highest BCUT2D eigenvalue weighted by Crippen LogP contribution is 2.29. The molecule has 106 valence electrons. The number of thioether (sulfide) groups is 1. The van der Waals surface area contributed by atoms with Crippen molar-refractivity contribution >= 4 is 29.3 Å². The maximum Gasteiger partial charge on any atom is 0.325 e. The van der Waals surface area contributed by atoms with Crippen molar-refractivity contribution in [2.75, 3.05) is 6.61 Å². The standard InChI is InChI=1S/C14H20ClNO2S/c1-4-18-13(17)14(3,16)9-10(2)19-12-7-5-6-11(15)8-12/h5-8,10H,4,9,16H2,1-3H3. The zero-order valence-electron chi connectivity index (χ0n) is 11.5. The third-order valence-corrected chi connectivity index (χ3v) is 3.92. The first-order chi connectivity index (χ1) is 8.85. The number of benzene rings is 1. The van der Waals surface area contributed by atoms with Gasteiger partial charge in [0.15, 0.2) is 0 Å². The van der Waals surface area contributed by atoms with E-state index in [2.05, 4.69) is 0 Å². The third kappa shape index (κ3) is 5.43. The van der Waals surface area contributed by atoms with Crippen LogP contribution in [-0.2, 0) is 9.53 Å². The van der Waals surface area contributed by atoms with Gasteiger partial charge in [0.1, 0.15) is 5.54 Å². The predicted octanol–water partition coefficient (Wildman–Crippen LogP) is 3.49. The molecule has 0 fully saturated rings. The summed E-state index contributed by atoms with van der Waals surface area (Å²) < 4.78 is 4.98. The summed E-state index contributed by atoms with van der Waals surface area (Å²) in [6.07, 6.45) is 0.545. The summed E-state index contributed by atoms with van der Waals surface area (Å²) in [7, 11) is 0. The van der Waals surface area contributed by atoms with Crippen molar-refractivity contribution < 1.29 is 9.53 Å². The Labute approximate surface area is 123 Å². The Morgan fingerprint density at radius 3 is 2.84 bits per heavy atom. The molecule has 0 spiro atoms. The van der Waals surface area contributed by atoms with Crippen molar-refractivity contribution in [1.82, 2.24) is 0 Å². The number of nitrogens with two attached hydrogens (primary N) is 1. The SMILES string of the molecule is CCOC(=O)C(C)(N)CC(C)Sc1cccc(Cl)c1. The summed E-state index contributed by atoms with van der Waals surface area (Å²) in [5.74, 6) is -0.353. The van der Waals surface area contributed by atoms with Gasteiger partial charge in [0.2, 0.25) is 0 Å². The minimum atomic E-state index is -0.957. The fourth-order valence-electron chi connectivity index (χ4n) is 1.79. The largest absolute Gasteiger partial charge is 0.465 e. The third-order valence-electron chi connectivity index (χ3n) is 2.59. The lowest BCUT2D eigenvalue weighted by Crippen LogP contribution is -2.47. The van der Waals surface area contributed by atoms with Crippen LogP contribution in [-0.4, -0.2) is 23.4 Å². The fraction of sp³-hybridized carbons (Fsp3) is 0.500. The summed E-state index contributed by atoms with van der Waals surface area (Å²) >= 11 is 7.59. The van der Waals surface area contributed by atoms with Gasteiger partial charge in [-0.3, -0.25) is 4.79 Å². The molecule has 1 aromatic rings. The van der Waals surface area contributed by atoms with Gasteiger partial charge >= 0.3 is 5.97 Å². The molecule has 2 unspecified atom stereocenters. The molecule has 0 heterocycles. The number of hydrogen-bond donors (Lipinski definition) is 1. The van der Waals surface area contributed by atoms with Crippen LogP contribution in [0, 0.1) is 0 Å². The van der Waals surface area contributed by atoms with Gasteiger partial charge in [-0.1, -0.05) is 24.6 Å². The van der Waals surface area contributed by atoms with E-state index in [4.69, 9.17) is 22.1 Å². The normalized spacial score (nSPS) is 15.6. The first kappa shape index (κ1) is 16.3. The lowest BCUT2D eigenvalue weighted by atomic mass is 9.98. The molecule has 0 saturated carbocycles. The van der Waals surface area contributed by atoms with Gasteiger partial charge in [-0.05, 0) is 38.5 Å². The number of halogens is 1. The number of rotatable bonds is 6. The van der Waals surface area contributed by atoms with Crippen molar-refractivity contribution in [3.63, 3.8) is 0 Å². The van der Waals surface area contributed by atoms with Crippen LogP contribution in [0.15, 0.2) is 29.2 Å². The molecule has 0 aliphatic carbocycles. The van der Waals surface area contributed by atoms with Crippen molar-refractivity contribution in [2.45, 2.75) is 42.9 Å². The number of ether oxygens (including phenoxy) is 1. The summed E-state index contributed by atoms with van der Waals surface area (Å²) in [5.41, 5.74) is 5.06. The molecule has 1 rings (SSSR count). The average molecular weight is 302 g/mol. The van der Waals surface area contributed by atoms with Gasteiger partial charge in [0.05, 0.1) is 6.61 Å². The van der Waals surface area contributed by atoms with Gasteiger partial charge in [0, 0.05) is 15.2 Å².